The van der Waals surface area contributed by atoms with Crippen LogP contribution in [0, 0.1) is 6.92 Å². The number of hydrogen-bond donors (Lipinski definition) is 0. The average molecular weight is 173 g/mol. The summed E-state index contributed by atoms with van der Waals surface area (Å²) in [6, 6.07) is 0. The molecule has 0 aliphatic heterocycles. The Kier molecular flexibility index (Phi) is 3.33. The second-order valence-electron chi connectivity index (χ2n) is 4.69. The van der Waals surface area contributed by atoms with Crippen LogP contribution in [0.1, 0.15) is 27.7 Å². The molecule has 1 unspecified atom stereocenters. The molecule has 0 heterocycles. The van der Waals surface area contributed by atoms with Crippen molar-refractivity contribution < 1.29 is 4.43 Å². The second-order valence-corrected chi connectivity index (χ2v) is 9.45. The molecule has 2 heteroatoms. The zero-order valence-corrected chi connectivity index (χ0v) is 9.69. The molecule has 0 aromatic rings. The molecule has 0 saturated heterocycles. The van der Waals surface area contributed by atoms with Gasteiger partial charge in [-0.2, -0.15) is 0 Å². The van der Waals surface area contributed by atoms with E-state index in [-0.39, 0.29) is 6.10 Å². The van der Waals surface area contributed by atoms with Crippen LogP contribution in [0.15, 0.2) is 0 Å². The maximum Gasteiger partial charge on any atom is 0.192 e. The molecule has 0 spiro atoms. The van der Waals surface area contributed by atoms with Gasteiger partial charge < -0.3 is 4.43 Å². The van der Waals surface area contributed by atoms with E-state index in [0.29, 0.717) is 5.04 Å². The fraction of sp³-hybridized carbons (Fsp3) is 0.889. The number of rotatable bonds is 2. The molecular weight excluding hydrogens is 152 g/mol. The van der Waals surface area contributed by atoms with Crippen molar-refractivity contribution in [3.63, 3.8) is 0 Å². The summed E-state index contributed by atoms with van der Waals surface area (Å²) in [4.78, 5) is 0. The van der Waals surface area contributed by atoms with Crippen LogP contribution >= 0.6 is 0 Å². The third-order valence-electron chi connectivity index (χ3n) is 2.30. The summed E-state index contributed by atoms with van der Waals surface area (Å²) < 4.78 is 5.83. The molecule has 1 atom stereocenters. The summed E-state index contributed by atoms with van der Waals surface area (Å²) >= 11 is 0. The summed E-state index contributed by atoms with van der Waals surface area (Å²) in [6.07, 6.45) is 0.121. The molecule has 67 valence electrons. The van der Waals surface area contributed by atoms with E-state index in [1.807, 2.05) is 6.92 Å². The van der Waals surface area contributed by atoms with Crippen LogP contribution in [0.4, 0.5) is 0 Å². The van der Waals surface area contributed by atoms with Crippen molar-refractivity contribution in [2.45, 2.75) is 51.9 Å². The topological polar surface area (TPSA) is 9.23 Å². The highest BCUT2D eigenvalue weighted by Gasteiger charge is 2.37. The van der Waals surface area contributed by atoms with E-state index in [1.54, 1.807) is 0 Å². The van der Waals surface area contributed by atoms with E-state index >= 15 is 0 Å². The van der Waals surface area contributed by atoms with Gasteiger partial charge in [0.2, 0.25) is 0 Å². The van der Waals surface area contributed by atoms with Gasteiger partial charge in [-0.25, -0.2) is 0 Å². The standard InChI is InChI=1S/C9H21OSi/c1-8(2)10-11(6,7)9(3,4)5/h8H,1H2,2-7H3. The maximum absolute atomic E-state index is 5.83. The van der Waals surface area contributed by atoms with Gasteiger partial charge in [0.15, 0.2) is 8.32 Å². The van der Waals surface area contributed by atoms with Gasteiger partial charge >= 0.3 is 0 Å². The summed E-state index contributed by atoms with van der Waals surface area (Å²) in [7, 11) is -1.53. The predicted octanol–water partition coefficient (Wildman–Crippen LogP) is 3.23. The summed E-state index contributed by atoms with van der Waals surface area (Å²) in [5, 5.41) is 0.305. The van der Waals surface area contributed by atoms with Crippen LogP contribution in [0.25, 0.3) is 0 Å². The molecule has 0 aromatic carbocycles. The molecule has 11 heavy (non-hydrogen) atoms. The molecule has 0 fully saturated rings. The maximum atomic E-state index is 5.83. The van der Waals surface area contributed by atoms with Crippen molar-refractivity contribution in [3.05, 3.63) is 6.92 Å². The zero-order valence-electron chi connectivity index (χ0n) is 8.69. The fourth-order valence-corrected chi connectivity index (χ4v) is 2.04. The van der Waals surface area contributed by atoms with Crippen molar-refractivity contribution >= 4 is 8.32 Å². The molecule has 0 aromatic heterocycles. The first-order chi connectivity index (χ1) is 4.67. The summed E-state index contributed by atoms with van der Waals surface area (Å²) in [5.41, 5.74) is 0. The Morgan fingerprint density at radius 2 is 1.64 bits per heavy atom. The molecular formula is C9H21OSi. The van der Waals surface area contributed by atoms with Gasteiger partial charge in [-0.1, -0.05) is 20.8 Å². The fourth-order valence-electron chi connectivity index (χ4n) is 0.680. The minimum absolute atomic E-state index is 0.121. The minimum atomic E-state index is -1.53. The van der Waals surface area contributed by atoms with Crippen molar-refractivity contribution in [1.29, 1.82) is 0 Å². The Morgan fingerprint density at radius 3 is 1.73 bits per heavy atom. The van der Waals surface area contributed by atoms with Gasteiger partial charge in [-0.3, -0.25) is 0 Å². The molecule has 1 radical (unpaired) electrons. The van der Waals surface area contributed by atoms with Crippen molar-refractivity contribution in [1.82, 2.24) is 0 Å². The van der Waals surface area contributed by atoms with Crippen LogP contribution in [0.3, 0.4) is 0 Å². The van der Waals surface area contributed by atoms with Crippen LogP contribution in [0.2, 0.25) is 18.1 Å². The quantitative estimate of drug-likeness (QED) is 0.583. The largest absolute Gasteiger partial charge is 0.414 e. The highest BCUT2D eigenvalue weighted by atomic mass is 28.4. The average Bonchev–Trinajstić information content (AvgIpc) is 1.56. The van der Waals surface area contributed by atoms with Gasteiger partial charge in [-0.15, -0.1) is 0 Å². The predicted molar refractivity (Wildman–Crippen MR) is 53.1 cm³/mol. The van der Waals surface area contributed by atoms with E-state index < -0.39 is 8.32 Å². The molecule has 0 rings (SSSR count). The number of hydrogen-bond acceptors (Lipinski definition) is 1. The highest BCUT2D eigenvalue weighted by Crippen LogP contribution is 2.37. The van der Waals surface area contributed by atoms with Crippen LogP contribution < -0.4 is 0 Å². The van der Waals surface area contributed by atoms with E-state index in [4.69, 9.17) is 4.43 Å². The Bertz CT molecular complexity index is 122. The lowest BCUT2D eigenvalue weighted by Crippen LogP contribution is -2.42. The Morgan fingerprint density at radius 1 is 1.27 bits per heavy atom. The lowest BCUT2D eigenvalue weighted by atomic mass is 10.2. The van der Waals surface area contributed by atoms with Gasteiger partial charge in [0.1, 0.15) is 0 Å². The van der Waals surface area contributed by atoms with Crippen LogP contribution in [0.5, 0.6) is 0 Å². The minimum Gasteiger partial charge on any atom is -0.414 e. The van der Waals surface area contributed by atoms with E-state index in [0.717, 1.165) is 0 Å². The van der Waals surface area contributed by atoms with Crippen LogP contribution in [-0.4, -0.2) is 14.4 Å². The Hall–Kier alpha value is 0.177. The Balaban J connectivity index is 4.22. The van der Waals surface area contributed by atoms with E-state index in [9.17, 15) is 0 Å². The SMILES string of the molecule is [CH2]C(C)O[Si](C)(C)C(C)(C)C. The first kappa shape index (κ1) is 11.2. The van der Waals surface area contributed by atoms with Crippen molar-refractivity contribution in [2.24, 2.45) is 0 Å². The molecule has 0 amide bonds. The van der Waals surface area contributed by atoms with Crippen molar-refractivity contribution in [3.8, 4) is 0 Å². The third-order valence-corrected chi connectivity index (χ3v) is 6.91. The van der Waals surface area contributed by atoms with Crippen molar-refractivity contribution in [2.75, 3.05) is 0 Å². The first-order valence-corrected chi connectivity index (χ1v) is 7.08. The van der Waals surface area contributed by atoms with Gasteiger partial charge in [-0.05, 0) is 32.0 Å². The zero-order chi connectivity index (χ0) is 9.28. The van der Waals surface area contributed by atoms with Gasteiger partial charge in [0.05, 0.1) is 0 Å². The second kappa shape index (κ2) is 3.28. The Labute approximate surface area is 72.3 Å². The molecule has 0 N–H and O–H groups in total. The molecule has 1 nitrogen and oxygen atoms in total. The monoisotopic (exact) mass is 173 g/mol. The van der Waals surface area contributed by atoms with Crippen LogP contribution in [-0.2, 0) is 4.43 Å². The normalized spacial score (nSPS) is 14.2. The first-order valence-electron chi connectivity index (χ1n) is 4.18. The lowest BCUT2D eigenvalue weighted by molar-refractivity contribution is 0.241. The van der Waals surface area contributed by atoms with Gasteiger partial charge in [0, 0.05) is 6.10 Å². The molecule has 0 bridgehead atoms. The third kappa shape index (κ3) is 3.39. The summed E-state index contributed by atoms with van der Waals surface area (Å²) in [5.74, 6) is 0. The van der Waals surface area contributed by atoms with E-state index in [1.165, 1.54) is 0 Å². The summed E-state index contributed by atoms with van der Waals surface area (Å²) in [6.45, 7) is 17.1. The molecule has 0 saturated carbocycles. The molecule has 0 aliphatic carbocycles. The van der Waals surface area contributed by atoms with E-state index in [2.05, 4.69) is 40.8 Å². The highest BCUT2D eigenvalue weighted by molar-refractivity contribution is 6.74. The lowest BCUT2D eigenvalue weighted by Gasteiger charge is -2.37. The smallest absolute Gasteiger partial charge is 0.192 e. The van der Waals surface area contributed by atoms with Gasteiger partial charge in [0.25, 0.3) is 0 Å². The molecule has 0 aliphatic rings.